The Morgan fingerprint density at radius 1 is 1.38 bits per heavy atom. The molecule has 0 aromatic heterocycles. The number of hydrogen-bond donors (Lipinski definition) is 1. The predicted molar refractivity (Wildman–Crippen MR) is 76.6 cm³/mol. The number of benzene rings is 1. The van der Waals surface area contributed by atoms with Crippen molar-refractivity contribution in [3.63, 3.8) is 0 Å². The minimum Gasteiger partial charge on any atom is -0.390 e. The molecule has 0 unspecified atom stereocenters. The molecule has 1 aromatic carbocycles. The van der Waals surface area contributed by atoms with E-state index in [-0.39, 0.29) is 17.4 Å². The highest BCUT2D eigenvalue weighted by atomic mass is 16.5. The average molecular weight is 291 g/mol. The summed E-state index contributed by atoms with van der Waals surface area (Å²) in [7, 11) is 1.68. The number of aliphatic hydroxyl groups excluding tert-OH is 1. The van der Waals surface area contributed by atoms with Gasteiger partial charge in [0.2, 0.25) is 5.91 Å². The van der Waals surface area contributed by atoms with Crippen molar-refractivity contribution < 1.29 is 19.4 Å². The first-order valence-corrected chi connectivity index (χ1v) is 7.29. The third kappa shape index (κ3) is 2.69. The van der Waals surface area contributed by atoms with Gasteiger partial charge in [0, 0.05) is 19.4 Å². The summed E-state index contributed by atoms with van der Waals surface area (Å²) < 4.78 is 10.9. The normalized spacial score (nSPS) is 27.4. The SMILES string of the molecule is COC1(c2ccccc2)CN(C(=O)C[C@@H]2COC[C@H]2O)C1. The lowest BCUT2D eigenvalue weighted by Gasteiger charge is -2.49. The summed E-state index contributed by atoms with van der Waals surface area (Å²) in [4.78, 5) is 14.1. The summed E-state index contributed by atoms with van der Waals surface area (Å²) in [5.41, 5.74) is 0.711. The molecule has 2 atom stereocenters. The van der Waals surface area contributed by atoms with Crippen LogP contribution in [0.4, 0.5) is 0 Å². The van der Waals surface area contributed by atoms with Crippen molar-refractivity contribution in [2.24, 2.45) is 5.92 Å². The zero-order valence-corrected chi connectivity index (χ0v) is 12.2. The summed E-state index contributed by atoms with van der Waals surface area (Å²) in [5.74, 6) is -0.0140. The molecule has 5 heteroatoms. The molecule has 0 radical (unpaired) electrons. The zero-order valence-electron chi connectivity index (χ0n) is 12.2. The molecular formula is C16H21NO4. The maximum absolute atomic E-state index is 12.3. The number of carbonyl (C=O) groups excluding carboxylic acids is 1. The second kappa shape index (κ2) is 5.75. The van der Waals surface area contributed by atoms with E-state index in [4.69, 9.17) is 9.47 Å². The van der Waals surface area contributed by atoms with Gasteiger partial charge in [0.25, 0.3) is 0 Å². The van der Waals surface area contributed by atoms with Crippen LogP contribution in [0, 0.1) is 5.92 Å². The molecule has 21 heavy (non-hydrogen) atoms. The van der Waals surface area contributed by atoms with Gasteiger partial charge in [0.15, 0.2) is 0 Å². The number of carbonyl (C=O) groups is 1. The zero-order chi connectivity index (χ0) is 14.9. The lowest BCUT2D eigenvalue weighted by molar-refractivity contribution is -0.166. The fourth-order valence-electron chi connectivity index (χ4n) is 3.05. The van der Waals surface area contributed by atoms with E-state index >= 15 is 0 Å². The fraction of sp³-hybridized carbons (Fsp3) is 0.562. The molecule has 3 rings (SSSR count). The highest BCUT2D eigenvalue weighted by Gasteiger charge is 2.47. The number of amides is 1. The molecule has 2 fully saturated rings. The molecule has 2 aliphatic heterocycles. The molecule has 114 valence electrons. The molecule has 0 spiro atoms. The van der Waals surface area contributed by atoms with Gasteiger partial charge in [0.1, 0.15) is 5.60 Å². The van der Waals surface area contributed by atoms with Gasteiger partial charge < -0.3 is 19.5 Å². The Morgan fingerprint density at radius 3 is 2.67 bits per heavy atom. The van der Waals surface area contributed by atoms with Crippen LogP contribution in [0.3, 0.4) is 0 Å². The molecule has 2 saturated heterocycles. The highest BCUT2D eigenvalue weighted by Crippen LogP contribution is 2.36. The highest BCUT2D eigenvalue weighted by molar-refractivity contribution is 5.78. The molecule has 5 nitrogen and oxygen atoms in total. The topological polar surface area (TPSA) is 59.0 Å². The van der Waals surface area contributed by atoms with Gasteiger partial charge in [-0.2, -0.15) is 0 Å². The predicted octanol–water partition coefficient (Wildman–Crippen LogP) is 0.768. The van der Waals surface area contributed by atoms with Crippen molar-refractivity contribution in [2.45, 2.75) is 18.1 Å². The van der Waals surface area contributed by atoms with Crippen LogP contribution in [0.25, 0.3) is 0 Å². The molecule has 0 saturated carbocycles. The summed E-state index contributed by atoms with van der Waals surface area (Å²) in [5, 5.41) is 9.72. The molecule has 1 N–H and O–H groups in total. The van der Waals surface area contributed by atoms with Gasteiger partial charge in [-0.25, -0.2) is 0 Å². The van der Waals surface area contributed by atoms with E-state index in [1.807, 2.05) is 30.3 Å². The maximum atomic E-state index is 12.3. The average Bonchev–Trinajstić information content (AvgIpc) is 2.85. The Kier molecular flexibility index (Phi) is 3.97. The van der Waals surface area contributed by atoms with Gasteiger partial charge >= 0.3 is 0 Å². The monoisotopic (exact) mass is 291 g/mol. The molecular weight excluding hydrogens is 270 g/mol. The summed E-state index contributed by atoms with van der Waals surface area (Å²) >= 11 is 0. The lowest BCUT2D eigenvalue weighted by atomic mass is 9.85. The van der Waals surface area contributed by atoms with Crippen LogP contribution in [-0.2, 0) is 19.9 Å². The molecule has 0 bridgehead atoms. The Balaban J connectivity index is 1.60. The standard InChI is InChI=1S/C16H21NO4/c1-20-16(13-5-3-2-4-6-13)10-17(11-16)15(19)7-12-8-21-9-14(12)18/h2-6,12,14,18H,7-11H2,1H3/t12-,14-/m1/s1. The van der Waals surface area contributed by atoms with Crippen LogP contribution in [0.1, 0.15) is 12.0 Å². The summed E-state index contributed by atoms with van der Waals surface area (Å²) in [6.45, 7) is 1.94. The van der Waals surface area contributed by atoms with Crippen LogP contribution in [0.5, 0.6) is 0 Å². The van der Waals surface area contributed by atoms with Crippen molar-refractivity contribution in [1.29, 1.82) is 0 Å². The first-order chi connectivity index (χ1) is 10.1. The van der Waals surface area contributed by atoms with Crippen LogP contribution in [-0.4, -0.2) is 55.4 Å². The van der Waals surface area contributed by atoms with Crippen molar-refractivity contribution in [2.75, 3.05) is 33.4 Å². The van der Waals surface area contributed by atoms with E-state index in [0.29, 0.717) is 32.7 Å². The molecule has 2 heterocycles. The third-order valence-corrected chi connectivity index (χ3v) is 4.54. The van der Waals surface area contributed by atoms with Crippen LogP contribution >= 0.6 is 0 Å². The number of rotatable bonds is 4. The molecule has 0 aliphatic carbocycles. The van der Waals surface area contributed by atoms with E-state index in [1.54, 1.807) is 12.0 Å². The van der Waals surface area contributed by atoms with E-state index in [1.165, 1.54) is 0 Å². The number of ether oxygens (including phenoxy) is 2. The van der Waals surface area contributed by atoms with Gasteiger partial charge in [-0.15, -0.1) is 0 Å². The largest absolute Gasteiger partial charge is 0.390 e. The van der Waals surface area contributed by atoms with Crippen molar-refractivity contribution in [1.82, 2.24) is 4.90 Å². The fourth-order valence-corrected chi connectivity index (χ4v) is 3.05. The Labute approximate surface area is 124 Å². The smallest absolute Gasteiger partial charge is 0.223 e. The van der Waals surface area contributed by atoms with E-state index in [0.717, 1.165) is 5.56 Å². The lowest BCUT2D eigenvalue weighted by Crippen LogP contribution is -2.62. The summed E-state index contributed by atoms with van der Waals surface area (Å²) in [6.07, 6.45) is -0.174. The number of aliphatic hydroxyl groups is 1. The minimum atomic E-state index is -0.517. The Bertz CT molecular complexity index is 498. The molecule has 2 aliphatic rings. The first kappa shape index (κ1) is 14.5. The number of methoxy groups -OCH3 is 1. The van der Waals surface area contributed by atoms with Gasteiger partial charge in [0.05, 0.1) is 32.4 Å². The number of nitrogens with zero attached hydrogens (tertiary/aromatic N) is 1. The van der Waals surface area contributed by atoms with E-state index in [9.17, 15) is 9.90 Å². The van der Waals surface area contributed by atoms with Gasteiger partial charge in [-0.1, -0.05) is 30.3 Å². The number of likely N-dealkylation sites (tertiary alicyclic amines) is 1. The first-order valence-electron chi connectivity index (χ1n) is 7.29. The van der Waals surface area contributed by atoms with Gasteiger partial charge in [-0.05, 0) is 5.56 Å². The quantitative estimate of drug-likeness (QED) is 0.890. The minimum absolute atomic E-state index is 0.0631. The number of hydrogen-bond acceptors (Lipinski definition) is 4. The maximum Gasteiger partial charge on any atom is 0.223 e. The summed E-state index contributed by atoms with van der Waals surface area (Å²) in [6, 6.07) is 9.98. The third-order valence-electron chi connectivity index (χ3n) is 4.54. The van der Waals surface area contributed by atoms with Crippen LogP contribution in [0.2, 0.25) is 0 Å². The van der Waals surface area contributed by atoms with Crippen LogP contribution < -0.4 is 0 Å². The van der Waals surface area contributed by atoms with Crippen molar-refractivity contribution >= 4 is 5.91 Å². The van der Waals surface area contributed by atoms with Crippen molar-refractivity contribution in [3.8, 4) is 0 Å². The molecule has 1 aromatic rings. The van der Waals surface area contributed by atoms with E-state index < -0.39 is 6.10 Å². The van der Waals surface area contributed by atoms with Gasteiger partial charge in [-0.3, -0.25) is 4.79 Å². The van der Waals surface area contributed by atoms with Crippen molar-refractivity contribution in [3.05, 3.63) is 35.9 Å². The molecule has 1 amide bonds. The Morgan fingerprint density at radius 2 is 2.10 bits per heavy atom. The Hall–Kier alpha value is -1.43. The second-order valence-corrected chi connectivity index (χ2v) is 5.88. The second-order valence-electron chi connectivity index (χ2n) is 5.88. The van der Waals surface area contributed by atoms with E-state index in [2.05, 4.69) is 0 Å². The van der Waals surface area contributed by atoms with Crippen LogP contribution in [0.15, 0.2) is 30.3 Å².